The fourth-order valence-corrected chi connectivity index (χ4v) is 3.72. The van der Waals surface area contributed by atoms with Gasteiger partial charge in [-0.15, -0.1) is 0 Å². The van der Waals surface area contributed by atoms with Crippen LogP contribution in [0.1, 0.15) is 24.3 Å². The van der Waals surface area contributed by atoms with Gasteiger partial charge >= 0.3 is 0 Å². The smallest absolute Gasteiger partial charge is 0.0384 e. The second-order valence-corrected chi connectivity index (χ2v) is 5.82. The van der Waals surface area contributed by atoms with Gasteiger partial charge in [0.1, 0.15) is 0 Å². The molecule has 102 valence electrons. The van der Waals surface area contributed by atoms with E-state index in [1.165, 1.54) is 35.2 Å². The molecule has 20 heavy (non-hydrogen) atoms. The molecule has 2 heterocycles. The van der Waals surface area contributed by atoms with Crippen molar-refractivity contribution in [3.8, 4) is 11.1 Å². The van der Waals surface area contributed by atoms with Crippen molar-refractivity contribution < 1.29 is 0 Å². The fraction of sp³-hybridized carbons (Fsp3) is 0.333. The third-order valence-electron chi connectivity index (χ3n) is 4.65. The predicted molar refractivity (Wildman–Crippen MR) is 84.1 cm³/mol. The van der Waals surface area contributed by atoms with Gasteiger partial charge in [0.15, 0.2) is 0 Å². The van der Waals surface area contributed by atoms with Crippen LogP contribution in [0.2, 0.25) is 0 Å². The van der Waals surface area contributed by atoms with E-state index in [0.717, 1.165) is 13.1 Å². The van der Waals surface area contributed by atoms with Gasteiger partial charge in [-0.1, -0.05) is 42.5 Å². The van der Waals surface area contributed by atoms with E-state index in [1.807, 2.05) is 0 Å². The summed E-state index contributed by atoms with van der Waals surface area (Å²) in [6, 6.07) is 18.1. The molecule has 1 fully saturated rings. The molecule has 0 radical (unpaired) electrons. The van der Waals surface area contributed by atoms with Gasteiger partial charge in [0, 0.05) is 17.6 Å². The molecule has 0 aliphatic carbocycles. The monoisotopic (exact) mass is 264 g/mol. The summed E-state index contributed by atoms with van der Waals surface area (Å²) in [5.74, 6) is 0.649. The van der Waals surface area contributed by atoms with Gasteiger partial charge in [0.2, 0.25) is 0 Å². The van der Waals surface area contributed by atoms with E-state index >= 15 is 0 Å². The van der Waals surface area contributed by atoms with Crippen molar-refractivity contribution in [1.82, 2.24) is 5.32 Å². The lowest BCUT2D eigenvalue weighted by molar-refractivity contribution is 0.579. The second kappa shape index (κ2) is 4.95. The average molecular weight is 264 g/mol. The number of nitrogens with one attached hydrogen (secondary N) is 2. The molecule has 2 aliphatic heterocycles. The van der Waals surface area contributed by atoms with E-state index in [9.17, 15) is 0 Å². The van der Waals surface area contributed by atoms with Gasteiger partial charge in [-0.25, -0.2) is 0 Å². The largest absolute Gasteiger partial charge is 0.381 e. The Morgan fingerprint density at radius 3 is 2.60 bits per heavy atom. The average Bonchev–Trinajstić information content (AvgIpc) is 2.70. The molecule has 0 amide bonds. The van der Waals surface area contributed by atoms with Crippen LogP contribution < -0.4 is 10.6 Å². The Labute approximate surface area is 120 Å². The minimum absolute atomic E-state index is 0.602. The zero-order valence-electron chi connectivity index (χ0n) is 11.6. The molecule has 2 unspecified atom stereocenters. The number of hydrogen-bond donors (Lipinski definition) is 2. The van der Waals surface area contributed by atoms with E-state index < -0.39 is 0 Å². The Bertz CT molecular complexity index is 606. The minimum Gasteiger partial charge on any atom is -0.381 e. The van der Waals surface area contributed by atoms with E-state index in [0.29, 0.717) is 12.0 Å². The summed E-state index contributed by atoms with van der Waals surface area (Å²) in [7, 11) is 0. The molecular weight excluding hydrogens is 244 g/mol. The molecular formula is C18H20N2. The van der Waals surface area contributed by atoms with Gasteiger partial charge in [-0.05, 0) is 48.7 Å². The summed E-state index contributed by atoms with van der Waals surface area (Å²) in [5, 5.41) is 7.27. The standard InChI is InChI=1S/C18H20N2/c1-2-5-13(6-3-1)14-7-4-8-17-18(14)15-9-11-19-12-10-16(15)20-17/h1-8,15-16,19-20H,9-12H2. The Kier molecular flexibility index (Phi) is 2.96. The van der Waals surface area contributed by atoms with Crippen LogP contribution in [0.4, 0.5) is 5.69 Å². The second-order valence-electron chi connectivity index (χ2n) is 5.82. The van der Waals surface area contributed by atoms with Crippen molar-refractivity contribution in [1.29, 1.82) is 0 Å². The lowest BCUT2D eigenvalue weighted by atomic mass is 9.86. The molecule has 2 aliphatic rings. The summed E-state index contributed by atoms with van der Waals surface area (Å²) in [6.07, 6.45) is 2.45. The zero-order chi connectivity index (χ0) is 13.4. The molecule has 2 N–H and O–H groups in total. The molecule has 2 heteroatoms. The number of rotatable bonds is 1. The summed E-state index contributed by atoms with van der Waals surface area (Å²) in [6.45, 7) is 2.26. The van der Waals surface area contributed by atoms with Crippen LogP contribution >= 0.6 is 0 Å². The van der Waals surface area contributed by atoms with Crippen molar-refractivity contribution >= 4 is 5.69 Å². The molecule has 4 rings (SSSR count). The molecule has 2 aromatic rings. The Balaban J connectivity index is 1.83. The first-order valence-corrected chi connectivity index (χ1v) is 7.59. The number of hydrogen-bond acceptors (Lipinski definition) is 2. The summed E-state index contributed by atoms with van der Waals surface area (Å²) >= 11 is 0. The van der Waals surface area contributed by atoms with Crippen LogP contribution in [0, 0.1) is 0 Å². The summed E-state index contributed by atoms with van der Waals surface area (Å²) in [4.78, 5) is 0. The van der Waals surface area contributed by atoms with Crippen LogP contribution in [0.3, 0.4) is 0 Å². The van der Waals surface area contributed by atoms with Crippen LogP contribution in [-0.4, -0.2) is 19.1 Å². The van der Waals surface area contributed by atoms with E-state index in [1.54, 1.807) is 0 Å². The third-order valence-corrected chi connectivity index (χ3v) is 4.65. The minimum atomic E-state index is 0.602. The Morgan fingerprint density at radius 1 is 0.850 bits per heavy atom. The highest BCUT2D eigenvalue weighted by Crippen LogP contribution is 2.45. The summed E-state index contributed by atoms with van der Waals surface area (Å²) in [5.41, 5.74) is 5.63. The molecule has 0 saturated carbocycles. The predicted octanol–water partition coefficient (Wildman–Crippen LogP) is 3.61. The van der Waals surface area contributed by atoms with Crippen LogP contribution in [0.25, 0.3) is 11.1 Å². The van der Waals surface area contributed by atoms with Crippen LogP contribution in [0.5, 0.6) is 0 Å². The highest BCUT2D eigenvalue weighted by atomic mass is 15.0. The topological polar surface area (TPSA) is 24.1 Å². The first-order chi connectivity index (χ1) is 9.93. The molecule has 0 bridgehead atoms. The number of anilines is 1. The van der Waals surface area contributed by atoms with Gasteiger partial charge in [0.25, 0.3) is 0 Å². The van der Waals surface area contributed by atoms with E-state index in [2.05, 4.69) is 59.2 Å². The fourth-order valence-electron chi connectivity index (χ4n) is 3.72. The first-order valence-electron chi connectivity index (χ1n) is 7.59. The SMILES string of the molecule is c1ccc(-c2cccc3c2C2CCNCCC2N3)cc1. The molecule has 2 nitrogen and oxygen atoms in total. The summed E-state index contributed by atoms with van der Waals surface area (Å²) < 4.78 is 0. The molecule has 0 spiro atoms. The van der Waals surface area contributed by atoms with E-state index in [-0.39, 0.29) is 0 Å². The third kappa shape index (κ3) is 1.92. The molecule has 0 aromatic heterocycles. The quantitative estimate of drug-likeness (QED) is 0.822. The van der Waals surface area contributed by atoms with Crippen molar-refractivity contribution in [2.75, 3.05) is 18.4 Å². The van der Waals surface area contributed by atoms with Gasteiger partial charge in [-0.3, -0.25) is 0 Å². The lowest BCUT2D eigenvalue weighted by Crippen LogP contribution is -2.21. The van der Waals surface area contributed by atoms with Crippen molar-refractivity contribution in [2.45, 2.75) is 24.8 Å². The zero-order valence-corrected chi connectivity index (χ0v) is 11.6. The van der Waals surface area contributed by atoms with Gasteiger partial charge in [0.05, 0.1) is 0 Å². The Morgan fingerprint density at radius 2 is 1.70 bits per heavy atom. The number of benzene rings is 2. The van der Waals surface area contributed by atoms with Crippen LogP contribution in [0.15, 0.2) is 48.5 Å². The lowest BCUT2D eigenvalue weighted by Gasteiger charge is -2.18. The highest BCUT2D eigenvalue weighted by Gasteiger charge is 2.34. The normalized spacial score (nSPS) is 24.4. The van der Waals surface area contributed by atoms with Crippen molar-refractivity contribution in [3.63, 3.8) is 0 Å². The van der Waals surface area contributed by atoms with Gasteiger partial charge < -0.3 is 10.6 Å². The number of fused-ring (bicyclic) bond motifs is 3. The van der Waals surface area contributed by atoms with Crippen molar-refractivity contribution in [2.24, 2.45) is 0 Å². The maximum absolute atomic E-state index is 3.75. The first kappa shape index (κ1) is 12.0. The molecule has 2 atom stereocenters. The van der Waals surface area contributed by atoms with Gasteiger partial charge in [-0.2, -0.15) is 0 Å². The van der Waals surface area contributed by atoms with Crippen molar-refractivity contribution in [3.05, 3.63) is 54.1 Å². The van der Waals surface area contributed by atoms with Crippen LogP contribution in [-0.2, 0) is 0 Å². The highest BCUT2D eigenvalue weighted by molar-refractivity contribution is 5.77. The molecule has 1 saturated heterocycles. The molecule has 2 aromatic carbocycles. The van der Waals surface area contributed by atoms with E-state index in [4.69, 9.17) is 0 Å². The Hall–Kier alpha value is -1.80. The maximum atomic E-state index is 3.75. The maximum Gasteiger partial charge on any atom is 0.0384 e.